The molecular weight excluding hydrogens is 267 g/mol. The average molecular weight is 287 g/mol. The molecule has 1 fully saturated rings. The van der Waals surface area contributed by atoms with E-state index in [2.05, 4.69) is 6.92 Å². The first-order valence-corrected chi connectivity index (χ1v) is 6.92. The summed E-state index contributed by atoms with van der Waals surface area (Å²) < 4.78 is 40.1. The molecule has 0 amide bonds. The number of aliphatic hydroxyl groups is 1. The molecule has 0 bridgehead atoms. The van der Waals surface area contributed by atoms with Crippen molar-refractivity contribution >= 4 is 0 Å². The van der Waals surface area contributed by atoms with Gasteiger partial charge in [-0.1, -0.05) is 19.8 Å². The third kappa shape index (κ3) is 2.69. The minimum Gasteiger partial charge on any atom is -0.388 e. The Labute approximate surface area is 116 Å². The molecule has 1 saturated carbocycles. The highest BCUT2D eigenvalue weighted by atomic mass is 19.2. The number of benzene rings is 1. The molecule has 1 aliphatic carbocycles. The van der Waals surface area contributed by atoms with E-state index in [1.807, 2.05) is 0 Å². The number of halogens is 3. The van der Waals surface area contributed by atoms with Gasteiger partial charge in [-0.25, -0.2) is 13.2 Å². The fourth-order valence-corrected chi connectivity index (χ4v) is 3.32. The van der Waals surface area contributed by atoms with Crippen molar-refractivity contribution in [2.45, 2.75) is 38.7 Å². The molecule has 5 heteroatoms. The van der Waals surface area contributed by atoms with Crippen LogP contribution in [0.2, 0.25) is 0 Å². The maximum Gasteiger partial charge on any atom is 0.161 e. The predicted molar refractivity (Wildman–Crippen MR) is 70.4 cm³/mol. The maximum atomic E-state index is 13.8. The molecule has 0 heterocycles. The van der Waals surface area contributed by atoms with Crippen molar-refractivity contribution in [1.82, 2.24) is 0 Å². The van der Waals surface area contributed by atoms with E-state index in [-0.39, 0.29) is 12.1 Å². The van der Waals surface area contributed by atoms with Crippen molar-refractivity contribution in [2.24, 2.45) is 17.1 Å². The normalized spacial score (nSPS) is 28.4. The van der Waals surface area contributed by atoms with E-state index in [9.17, 15) is 18.3 Å². The van der Waals surface area contributed by atoms with E-state index in [1.54, 1.807) is 0 Å². The van der Waals surface area contributed by atoms with Gasteiger partial charge in [-0.3, -0.25) is 0 Å². The van der Waals surface area contributed by atoms with Crippen LogP contribution < -0.4 is 5.73 Å². The van der Waals surface area contributed by atoms with Crippen molar-refractivity contribution in [3.8, 4) is 0 Å². The molecule has 3 atom stereocenters. The molecule has 2 nitrogen and oxygen atoms in total. The summed E-state index contributed by atoms with van der Waals surface area (Å²) >= 11 is 0. The molecule has 0 aromatic heterocycles. The predicted octanol–water partition coefficient (Wildman–Crippen LogP) is 3.29. The number of hydrogen-bond donors (Lipinski definition) is 2. The quantitative estimate of drug-likeness (QED) is 0.838. The van der Waals surface area contributed by atoms with Crippen molar-refractivity contribution < 1.29 is 18.3 Å². The number of nitrogens with two attached hydrogens (primary N) is 1. The summed E-state index contributed by atoms with van der Waals surface area (Å²) in [5, 5.41) is 10.5. The van der Waals surface area contributed by atoms with Gasteiger partial charge in [0, 0.05) is 23.6 Å². The fraction of sp³-hybridized carbons (Fsp3) is 0.600. The average Bonchev–Trinajstić information content (AvgIpc) is 2.42. The largest absolute Gasteiger partial charge is 0.388 e. The SMILES string of the molecule is CC1CCCC(CN)(C(O)c2cc(F)c(F)cc2F)C1. The lowest BCUT2D eigenvalue weighted by Gasteiger charge is -2.43. The summed E-state index contributed by atoms with van der Waals surface area (Å²) in [5.74, 6) is -2.97. The minimum absolute atomic E-state index is 0.191. The van der Waals surface area contributed by atoms with Crippen molar-refractivity contribution in [3.63, 3.8) is 0 Å². The van der Waals surface area contributed by atoms with Gasteiger partial charge in [0.25, 0.3) is 0 Å². The Kier molecular flexibility index (Phi) is 4.39. The molecule has 3 unspecified atom stereocenters. The van der Waals surface area contributed by atoms with Crippen LogP contribution in [0.5, 0.6) is 0 Å². The van der Waals surface area contributed by atoms with Gasteiger partial charge in [0.15, 0.2) is 11.6 Å². The Morgan fingerprint density at radius 3 is 2.55 bits per heavy atom. The second kappa shape index (κ2) is 5.74. The van der Waals surface area contributed by atoms with Gasteiger partial charge in [-0.05, 0) is 24.8 Å². The van der Waals surface area contributed by atoms with E-state index in [0.29, 0.717) is 24.8 Å². The van der Waals surface area contributed by atoms with E-state index in [4.69, 9.17) is 5.73 Å². The monoisotopic (exact) mass is 287 g/mol. The summed E-state index contributed by atoms with van der Waals surface area (Å²) in [6.07, 6.45) is 2.02. The van der Waals surface area contributed by atoms with E-state index in [1.165, 1.54) is 0 Å². The lowest BCUT2D eigenvalue weighted by atomic mass is 9.65. The maximum absolute atomic E-state index is 13.8. The molecule has 1 aliphatic rings. The van der Waals surface area contributed by atoms with Crippen LogP contribution in [0.1, 0.15) is 44.3 Å². The zero-order valence-electron chi connectivity index (χ0n) is 11.5. The van der Waals surface area contributed by atoms with E-state index >= 15 is 0 Å². The van der Waals surface area contributed by atoms with Gasteiger partial charge >= 0.3 is 0 Å². The Morgan fingerprint density at radius 2 is 1.95 bits per heavy atom. The van der Waals surface area contributed by atoms with Crippen LogP contribution in [0.4, 0.5) is 13.2 Å². The van der Waals surface area contributed by atoms with Gasteiger partial charge < -0.3 is 10.8 Å². The Morgan fingerprint density at radius 1 is 1.30 bits per heavy atom. The van der Waals surface area contributed by atoms with Crippen molar-refractivity contribution in [1.29, 1.82) is 0 Å². The first-order chi connectivity index (χ1) is 9.39. The third-order valence-electron chi connectivity index (χ3n) is 4.45. The standard InChI is InChI=1S/C15H20F3NO/c1-9-3-2-4-15(7-9,8-19)14(20)10-5-12(17)13(18)6-11(10)16/h5-6,9,14,20H,2-4,7-8,19H2,1H3. The molecule has 1 aromatic rings. The number of rotatable bonds is 3. The molecule has 0 spiro atoms. The third-order valence-corrected chi connectivity index (χ3v) is 4.45. The van der Waals surface area contributed by atoms with Crippen molar-refractivity contribution in [3.05, 3.63) is 35.1 Å². The van der Waals surface area contributed by atoms with E-state index in [0.717, 1.165) is 18.9 Å². The molecule has 112 valence electrons. The summed E-state index contributed by atoms with van der Waals surface area (Å²) in [7, 11) is 0. The summed E-state index contributed by atoms with van der Waals surface area (Å²) in [6, 6.07) is 1.22. The van der Waals surface area contributed by atoms with Gasteiger partial charge in [0.2, 0.25) is 0 Å². The Balaban J connectivity index is 2.38. The highest BCUT2D eigenvalue weighted by Crippen LogP contribution is 2.47. The van der Waals surface area contributed by atoms with Crippen LogP contribution in [0.25, 0.3) is 0 Å². The summed E-state index contributed by atoms with van der Waals surface area (Å²) in [4.78, 5) is 0. The van der Waals surface area contributed by atoms with Gasteiger partial charge in [0.05, 0.1) is 6.10 Å². The van der Waals surface area contributed by atoms with Gasteiger partial charge in [0.1, 0.15) is 5.82 Å². The van der Waals surface area contributed by atoms with Crippen LogP contribution in [0.3, 0.4) is 0 Å². The fourth-order valence-electron chi connectivity index (χ4n) is 3.32. The zero-order chi connectivity index (χ0) is 14.9. The second-order valence-corrected chi connectivity index (χ2v) is 5.96. The van der Waals surface area contributed by atoms with Crippen LogP contribution >= 0.6 is 0 Å². The minimum atomic E-state index is -1.25. The topological polar surface area (TPSA) is 46.2 Å². The van der Waals surface area contributed by atoms with Gasteiger partial charge in [-0.15, -0.1) is 0 Å². The highest BCUT2D eigenvalue weighted by molar-refractivity contribution is 5.24. The molecule has 2 rings (SSSR count). The van der Waals surface area contributed by atoms with Gasteiger partial charge in [-0.2, -0.15) is 0 Å². The molecule has 3 N–H and O–H groups in total. The Hall–Kier alpha value is -1.07. The molecular formula is C15H20F3NO. The molecule has 1 aromatic carbocycles. The second-order valence-electron chi connectivity index (χ2n) is 5.96. The zero-order valence-corrected chi connectivity index (χ0v) is 11.5. The van der Waals surface area contributed by atoms with Crippen LogP contribution in [0, 0.1) is 28.8 Å². The van der Waals surface area contributed by atoms with E-state index < -0.39 is 29.0 Å². The molecule has 20 heavy (non-hydrogen) atoms. The number of aliphatic hydroxyl groups excluding tert-OH is 1. The highest BCUT2D eigenvalue weighted by Gasteiger charge is 2.42. The Bertz CT molecular complexity index is 494. The van der Waals surface area contributed by atoms with Crippen molar-refractivity contribution in [2.75, 3.05) is 6.54 Å². The first-order valence-electron chi connectivity index (χ1n) is 6.92. The van der Waals surface area contributed by atoms with Crippen LogP contribution in [-0.4, -0.2) is 11.7 Å². The van der Waals surface area contributed by atoms with Crippen LogP contribution in [0.15, 0.2) is 12.1 Å². The smallest absolute Gasteiger partial charge is 0.161 e. The lowest BCUT2D eigenvalue weighted by Crippen LogP contribution is -2.41. The summed E-state index contributed by atoms with van der Waals surface area (Å²) in [5.41, 5.74) is 4.94. The molecule has 0 saturated heterocycles. The molecule has 0 aliphatic heterocycles. The number of hydrogen-bond acceptors (Lipinski definition) is 2. The first kappa shape index (κ1) is 15.3. The molecule has 0 radical (unpaired) electrons. The lowest BCUT2D eigenvalue weighted by molar-refractivity contribution is -0.0153. The van der Waals surface area contributed by atoms with Crippen LogP contribution in [-0.2, 0) is 0 Å². The summed E-state index contributed by atoms with van der Waals surface area (Å²) in [6.45, 7) is 2.24.